The van der Waals surface area contributed by atoms with Gasteiger partial charge < -0.3 is 15.4 Å². The van der Waals surface area contributed by atoms with Crippen molar-refractivity contribution in [3.8, 4) is 5.75 Å². The number of para-hydroxylation sites is 2. The van der Waals surface area contributed by atoms with Gasteiger partial charge in [0, 0.05) is 5.69 Å². The number of alkyl halides is 6. The van der Waals surface area contributed by atoms with Crippen LogP contribution in [0.5, 0.6) is 5.75 Å². The molecule has 2 aromatic rings. The normalized spacial score (nSPS) is 12.4. The first-order valence-corrected chi connectivity index (χ1v) is 8.03. The van der Waals surface area contributed by atoms with Gasteiger partial charge in [0.25, 0.3) is 5.91 Å². The summed E-state index contributed by atoms with van der Waals surface area (Å²) in [6.45, 7) is 1.62. The Labute approximate surface area is 156 Å². The van der Waals surface area contributed by atoms with Crippen LogP contribution in [0.4, 0.5) is 32.0 Å². The molecule has 28 heavy (non-hydrogen) atoms. The number of nitrogens with one attached hydrogen (secondary N) is 2. The standard InChI is InChI=1S/C18H16F6N2O2/c1-2-28-14-11-7-6-10-13(14)15(27)26-16(17(19,20)21,18(22,23)24)25-12-8-4-3-5-9-12/h3-11,25H,2H2,1H3,(H,26,27). The highest BCUT2D eigenvalue weighted by Crippen LogP contribution is 2.43. The van der Waals surface area contributed by atoms with Crippen molar-refractivity contribution in [1.82, 2.24) is 5.32 Å². The number of halogens is 6. The van der Waals surface area contributed by atoms with Crippen LogP contribution < -0.4 is 15.4 Å². The van der Waals surface area contributed by atoms with Crippen LogP contribution >= 0.6 is 0 Å². The van der Waals surface area contributed by atoms with Gasteiger partial charge >= 0.3 is 18.0 Å². The van der Waals surface area contributed by atoms with Crippen LogP contribution in [0.1, 0.15) is 17.3 Å². The van der Waals surface area contributed by atoms with Crippen molar-refractivity contribution in [2.75, 3.05) is 11.9 Å². The molecule has 2 N–H and O–H groups in total. The van der Waals surface area contributed by atoms with Gasteiger partial charge in [-0.15, -0.1) is 0 Å². The second-order valence-corrected chi connectivity index (χ2v) is 5.62. The lowest BCUT2D eigenvalue weighted by Crippen LogP contribution is -2.72. The van der Waals surface area contributed by atoms with Crippen molar-refractivity contribution in [2.45, 2.75) is 24.9 Å². The maximum Gasteiger partial charge on any atom is 0.439 e. The predicted octanol–water partition coefficient (Wildman–Crippen LogP) is 4.75. The van der Waals surface area contributed by atoms with Crippen LogP contribution in [0, 0.1) is 0 Å². The van der Waals surface area contributed by atoms with Gasteiger partial charge in [0.1, 0.15) is 5.75 Å². The third-order valence-corrected chi connectivity index (χ3v) is 3.69. The number of carbonyl (C=O) groups is 1. The molecule has 0 saturated heterocycles. The molecule has 0 aliphatic carbocycles. The average Bonchev–Trinajstić information content (AvgIpc) is 2.60. The lowest BCUT2D eigenvalue weighted by atomic mass is 10.1. The first-order valence-electron chi connectivity index (χ1n) is 8.03. The number of rotatable bonds is 6. The summed E-state index contributed by atoms with van der Waals surface area (Å²) in [5.41, 5.74) is -5.65. The second-order valence-electron chi connectivity index (χ2n) is 5.62. The maximum atomic E-state index is 13.7. The highest BCUT2D eigenvalue weighted by Gasteiger charge is 2.72. The van der Waals surface area contributed by atoms with E-state index in [-0.39, 0.29) is 12.4 Å². The zero-order chi connectivity index (χ0) is 21.0. The lowest BCUT2D eigenvalue weighted by molar-refractivity contribution is -0.294. The topological polar surface area (TPSA) is 50.4 Å². The molecule has 0 aliphatic heterocycles. The smallest absolute Gasteiger partial charge is 0.439 e. The Kier molecular flexibility index (Phi) is 6.10. The summed E-state index contributed by atoms with van der Waals surface area (Å²) in [5.74, 6) is -1.73. The van der Waals surface area contributed by atoms with E-state index < -0.39 is 35.2 Å². The number of carbonyl (C=O) groups excluding carboxylic acids is 1. The van der Waals surface area contributed by atoms with Crippen LogP contribution in [0.15, 0.2) is 54.6 Å². The Morgan fingerprint density at radius 1 is 0.893 bits per heavy atom. The summed E-state index contributed by atoms with van der Waals surface area (Å²) in [6.07, 6.45) is -11.8. The van der Waals surface area contributed by atoms with Gasteiger partial charge in [-0.2, -0.15) is 26.3 Å². The van der Waals surface area contributed by atoms with Crippen molar-refractivity contribution in [3.05, 3.63) is 60.2 Å². The number of amides is 1. The van der Waals surface area contributed by atoms with Gasteiger partial charge in [0.05, 0.1) is 12.2 Å². The Bertz CT molecular complexity index is 792. The molecule has 0 spiro atoms. The largest absolute Gasteiger partial charge is 0.493 e. The van der Waals surface area contributed by atoms with Crippen LogP contribution in [-0.4, -0.2) is 30.5 Å². The fraction of sp³-hybridized carbons (Fsp3) is 0.278. The van der Waals surface area contributed by atoms with Crippen molar-refractivity contribution in [1.29, 1.82) is 0 Å². The average molecular weight is 406 g/mol. The molecule has 10 heteroatoms. The van der Waals surface area contributed by atoms with Gasteiger partial charge in [-0.3, -0.25) is 4.79 Å². The molecule has 2 aromatic carbocycles. The fourth-order valence-electron chi connectivity index (χ4n) is 2.39. The highest BCUT2D eigenvalue weighted by atomic mass is 19.4. The predicted molar refractivity (Wildman–Crippen MR) is 90.0 cm³/mol. The molecule has 1 amide bonds. The molecule has 0 aromatic heterocycles. The highest BCUT2D eigenvalue weighted by molar-refractivity contribution is 5.97. The zero-order valence-electron chi connectivity index (χ0n) is 14.5. The van der Waals surface area contributed by atoms with E-state index in [9.17, 15) is 31.1 Å². The number of anilines is 1. The van der Waals surface area contributed by atoms with E-state index in [1.54, 1.807) is 6.92 Å². The molecule has 0 saturated carbocycles. The molecule has 0 bridgehead atoms. The van der Waals surface area contributed by atoms with Gasteiger partial charge in [-0.1, -0.05) is 30.3 Å². The number of benzene rings is 2. The van der Waals surface area contributed by atoms with E-state index in [2.05, 4.69) is 0 Å². The molecule has 0 atom stereocenters. The molecular formula is C18H16F6N2O2. The van der Waals surface area contributed by atoms with Gasteiger partial charge in [0.15, 0.2) is 0 Å². The molecule has 152 valence electrons. The molecule has 0 radical (unpaired) electrons. The quantitative estimate of drug-likeness (QED) is 0.538. The monoisotopic (exact) mass is 406 g/mol. The van der Waals surface area contributed by atoms with Crippen molar-refractivity contribution < 1.29 is 35.9 Å². The molecule has 0 aliphatic rings. The molecule has 2 rings (SSSR count). The summed E-state index contributed by atoms with van der Waals surface area (Å²) in [5, 5.41) is 2.50. The Morgan fingerprint density at radius 3 is 1.96 bits per heavy atom. The third-order valence-electron chi connectivity index (χ3n) is 3.69. The van der Waals surface area contributed by atoms with E-state index in [4.69, 9.17) is 4.74 Å². The summed E-state index contributed by atoms with van der Waals surface area (Å²) < 4.78 is 87.0. The van der Waals surface area contributed by atoms with Crippen LogP contribution in [0.25, 0.3) is 0 Å². The Balaban J connectivity index is 2.52. The van der Waals surface area contributed by atoms with E-state index in [0.717, 1.165) is 23.5 Å². The van der Waals surface area contributed by atoms with Crippen molar-refractivity contribution in [2.24, 2.45) is 0 Å². The summed E-state index contributed by atoms with van der Waals surface area (Å²) in [6, 6.07) is 11.0. The minimum atomic E-state index is -5.91. The fourth-order valence-corrected chi connectivity index (χ4v) is 2.39. The van der Waals surface area contributed by atoms with E-state index in [1.165, 1.54) is 41.7 Å². The van der Waals surface area contributed by atoms with E-state index in [0.29, 0.717) is 0 Å². The Hall–Kier alpha value is -2.91. The molecule has 0 heterocycles. The van der Waals surface area contributed by atoms with Crippen LogP contribution in [0.2, 0.25) is 0 Å². The second kappa shape index (κ2) is 7.99. The number of hydrogen-bond acceptors (Lipinski definition) is 3. The van der Waals surface area contributed by atoms with Gasteiger partial charge in [-0.05, 0) is 31.2 Å². The molecular weight excluding hydrogens is 390 g/mol. The molecule has 0 fully saturated rings. The maximum absolute atomic E-state index is 13.7. The van der Waals surface area contributed by atoms with Crippen LogP contribution in [-0.2, 0) is 0 Å². The van der Waals surface area contributed by atoms with Crippen molar-refractivity contribution in [3.63, 3.8) is 0 Å². The summed E-state index contributed by atoms with van der Waals surface area (Å²) in [4.78, 5) is 12.4. The summed E-state index contributed by atoms with van der Waals surface area (Å²) in [7, 11) is 0. The molecule has 4 nitrogen and oxygen atoms in total. The number of hydrogen-bond donors (Lipinski definition) is 2. The Morgan fingerprint density at radius 2 is 1.43 bits per heavy atom. The third kappa shape index (κ3) is 4.32. The minimum absolute atomic E-state index is 0.0657. The lowest BCUT2D eigenvalue weighted by Gasteiger charge is -2.39. The van der Waals surface area contributed by atoms with E-state index >= 15 is 0 Å². The van der Waals surface area contributed by atoms with Crippen LogP contribution in [0.3, 0.4) is 0 Å². The zero-order valence-corrected chi connectivity index (χ0v) is 14.5. The SMILES string of the molecule is CCOc1ccccc1C(=O)NC(Nc1ccccc1)(C(F)(F)F)C(F)(F)F. The summed E-state index contributed by atoms with van der Waals surface area (Å²) >= 11 is 0. The van der Waals surface area contributed by atoms with Gasteiger partial charge in [0.2, 0.25) is 0 Å². The molecule has 0 unspecified atom stereocenters. The van der Waals surface area contributed by atoms with E-state index in [1.807, 2.05) is 0 Å². The first-order chi connectivity index (χ1) is 13.0. The van der Waals surface area contributed by atoms with Crippen molar-refractivity contribution >= 4 is 11.6 Å². The minimum Gasteiger partial charge on any atom is -0.493 e. The first kappa shape index (κ1) is 21.4. The van der Waals surface area contributed by atoms with Gasteiger partial charge in [-0.25, -0.2) is 0 Å². The number of ether oxygens (including phenoxy) is 1.